The fraction of sp³-hybridized carbons (Fsp3) is 0.938. The monoisotopic (exact) mass is 281 g/mol. The van der Waals surface area contributed by atoms with Crippen LogP contribution in [0, 0.1) is 11.8 Å². The fourth-order valence-electron chi connectivity index (χ4n) is 3.62. The Morgan fingerprint density at radius 2 is 1.75 bits per heavy atom. The summed E-state index contributed by atoms with van der Waals surface area (Å²) in [6.07, 6.45) is 5.46. The van der Waals surface area contributed by atoms with Gasteiger partial charge in [-0.2, -0.15) is 0 Å². The first kappa shape index (κ1) is 15.8. The van der Waals surface area contributed by atoms with Crippen LogP contribution in [0.25, 0.3) is 0 Å². The van der Waals surface area contributed by atoms with Crippen molar-refractivity contribution >= 4 is 5.91 Å². The van der Waals surface area contributed by atoms with Gasteiger partial charge in [-0.25, -0.2) is 0 Å². The molecule has 1 heterocycles. The summed E-state index contributed by atoms with van der Waals surface area (Å²) in [6, 6.07) is 0.776. The minimum atomic E-state index is 0.0991. The SMILES string of the molecule is CNCC(C)C(=O)N1CCN(C2CCC(C)CC2)CC1. The molecule has 1 amide bonds. The van der Waals surface area contributed by atoms with Crippen LogP contribution in [-0.2, 0) is 4.79 Å². The molecular weight excluding hydrogens is 250 g/mol. The molecule has 20 heavy (non-hydrogen) atoms. The zero-order valence-electron chi connectivity index (χ0n) is 13.4. The predicted octanol–water partition coefficient (Wildman–Crippen LogP) is 1.56. The largest absolute Gasteiger partial charge is 0.340 e. The van der Waals surface area contributed by atoms with Crippen LogP contribution in [0.1, 0.15) is 39.5 Å². The highest BCUT2D eigenvalue weighted by molar-refractivity contribution is 5.78. The molecule has 0 spiro atoms. The topological polar surface area (TPSA) is 35.6 Å². The van der Waals surface area contributed by atoms with Crippen molar-refractivity contribution in [3.63, 3.8) is 0 Å². The van der Waals surface area contributed by atoms with Crippen molar-refractivity contribution in [2.24, 2.45) is 11.8 Å². The van der Waals surface area contributed by atoms with Gasteiger partial charge < -0.3 is 10.2 Å². The summed E-state index contributed by atoms with van der Waals surface area (Å²) in [7, 11) is 1.91. The molecule has 4 heteroatoms. The molecule has 0 bridgehead atoms. The van der Waals surface area contributed by atoms with Crippen LogP contribution in [-0.4, -0.2) is 61.5 Å². The average molecular weight is 281 g/mol. The quantitative estimate of drug-likeness (QED) is 0.849. The van der Waals surface area contributed by atoms with E-state index in [-0.39, 0.29) is 5.92 Å². The lowest BCUT2D eigenvalue weighted by Gasteiger charge is -2.42. The van der Waals surface area contributed by atoms with Crippen molar-refractivity contribution in [3.8, 4) is 0 Å². The number of carbonyl (C=O) groups is 1. The molecule has 0 aromatic rings. The molecule has 1 unspecified atom stereocenters. The first-order valence-corrected chi connectivity index (χ1v) is 8.29. The molecule has 2 rings (SSSR count). The van der Waals surface area contributed by atoms with Gasteiger partial charge in [-0.1, -0.05) is 13.8 Å². The van der Waals surface area contributed by atoms with E-state index in [9.17, 15) is 4.79 Å². The predicted molar refractivity (Wildman–Crippen MR) is 82.7 cm³/mol. The third-order valence-electron chi connectivity index (χ3n) is 5.06. The number of rotatable bonds is 4. The molecule has 0 aromatic carbocycles. The number of amides is 1. The number of hydrogen-bond donors (Lipinski definition) is 1. The van der Waals surface area contributed by atoms with E-state index in [0.29, 0.717) is 5.91 Å². The smallest absolute Gasteiger partial charge is 0.226 e. The van der Waals surface area contributed by atoms with E-state index >= 15 is 0 Å². The van der Waals surface area contributed by atoms with Crippen molar-refractivity contribution in [1.29, 1.82) is 0 Å². The second-order valence-electron chi connectivity index (χ2n) is 6.73. The summed E-state index contributed by atoms with van der Waals surface area (Å²) in [5.41, 5.74) is 0. The molecular formula is C16H31N3O. The van der Waals surface area contributed by atoms with E-state index in [2.05, 4.69) is 22.0 Å². The lowest BCUT2D eigenvalue weighted by atomic mass is 9.86. The summed E-state index contributed by atoms with van der Waals surface area (Å²) >= 11 is 0. The lowest BCUT2D eigenvalue weighted by molar-refractivity contribution is -0.137. The highest BCUT2D eigenvalue weighted by Crippen LogP contribution is 2.27. The molecule has 2 fully saturated rings. The Labute approximate surface area is 123 Å². The van der Waals surface area contributed by atoms with Crippen LogP contribution in [0.5, 0.6) is 0 Å². The Morgan fingerprint density at radius 3 is 2.30 bits per heavy atom. The molecule has 1 atom stereocenters. The van der Waals surface area contributed by atoms with Gasteiger partial charge in [0.15, 0.2) is 0 Å². The van der Waals surface area contributed by atoms with Gasteiger partial charge in [0, 0.05) is 44.7 Å². The molecule has 1 aliphatic heterocycles. The van der Waals surface area contributed by atoms with E-state index in [0.717, 1.165) is 44.7 Å². The van der Waals surface area contributed by atoms with Crippen molar-refractivity contribution < 1.29 is 4.79 Å². The number of piperazine rings is 1. The molecule has 2 aliphatic rings. The number of nitrogens with one attached hydrogen (secondary N) is 1. The van der Waals surface area contributed by atoms with E-state index in [1.165, 1.54) is 25.7 Å². The number of hydrogen-bond acceptors (Lipinski definition) is 3. The molecule has 4 nitrogen and oxygen atoms in total. The number of carbonyl (C=O) groups excluding carboxylic acids is 1. The third kappa shape index (κ3) is 3.95. The summed E-state index contributed by atoms with van der Waals surface area (Å²) in [6.45, 7) is 9.13. The van der Waals surface area contributed by atoms with Crippen molar-refractivity contribution in [1.82, 2.24) is 15.1 Å². The zero-order valence-corrected chi connectivity index (χ0v) is 13.4. The maximum Gasteiger partial charge on any atom is 0.226 e. The molecule has 1 saturated heterocycles. The average Bonchev–Trinajstić information content (AvgIpc) is 2.48. The van der Waals surface area contributed by atoms with E-state index in [4.69, 9.17) is 0 Å². The van der Waals surface area contributed by atoms with Crippen molar-refractivity contribution in [3.05, 3.63) is 0 Å². The summed E-state index contributed by atoms with van der Waals surface area (Å²) in [5, 5.41) is 3.09. The third-order valence-corrected chi connectivity index (χ3v) is 5.06. The molecule has 0 radical (unpaired) electrons. The van der Waals surface area contributed by atoms with Crippen LogP contribution >= 0.6 is 0 Å². The Bertz CT molecular complexity index is 305. The number of nitrogens with zero attached hydrogens (tertiary/aromatic N) is 2. The highest BCUT2D eigenvalue weighted by Gasteiger charge is 2.29. The second kappa shape index (κ2) is 7.41. The van der Waals surface area contributed by atoms with Gasteiger partial charge in [0.05, 0.1) is 0 Å². The first-order chi connectivity index (χ1) is 9.61. The second-order valence-corrected chi connectivity index (χ2v) is 6.73. The van der Waals surface area contributed by atoms with Gasteiger partial charge in [-0.15, -0.1) is 0 Å². The fourth-order valence-corrected chi connectivity index (χ4v) is 3.62. The normalized spacial score (nSPS) is 30.2. The first-order valence-electron chi connectivity index (χ1n) is 8.29. The van der Waals surface area contributed by atoms with Crippen LogP contribution in [0.2, 0.25) is 0 Å². The highest BCUT2D eigenvalue weighted by atomic mass is 16.2. The summed E-state index contributed by atoms with van der Waals surface area (Å²) < 4.78 is 0. The van der Waals surface area contributed by atoms with Crippen LogP contribution < -0.4 is 5.32 Å². The van der Waals surface area contributed by atoms with Crippen LogP contribution in [0.3, 0.4) is 0 Å². The lowest BCUT2D eigenvalue weighted by Crippen LogP contribution is -2.54. The molecule has 116 valence electrons. The van der Waals surface area contributed by atoms with Gasteiger partial charge >= 0.3 is 0 Å². The van der Waals surface area contributed by atoms with E-state index in [1.807, 2.05) is 14.0 Å². The van der Waals surface area contributed by atoms with Gasteiger partial charge in [0.2, 0.25) is 5.91 Å². The minimum Gasteiger partial charge on any atom is -0.340 e. The standard InChI is InChI=1S/C16H31N3O/c1-13-4-6-15(7-5-13)18-8-10-19(11-9-18)16(20)14(2)12-17-3/h13-15,17H,4-12H2,1-3H3. The van der Waals surface area contributed by atoms with Gasteiger partial charge in [0.25, 0.3) is 0 Å². The molecule has 0 aromatic heterocycles. The maximum atomic E-state index is 12.3. The maximum absolute atomic E-state index is 12.3. The van der Waals surface area contributed by atoms with Crippen molar-refractivity contribution in [2.45, 2.75) is 45.6 Å². The molecule has 1 saturated carbocycles. The Hall–Kier alpha value is -0.610. The minimum absolute atomic E-state index is 0.0991. The summed E-state index contributed by atoms with van der Waals surface area (Å²) in [4.78, 5) is 17.0. The van der Waals surface area contributed by atoms with Crippen LogP contribution in [0.15, 0.2) is 0 Å². The van der Waals surface area contributed by atoms with E-state index in [1.54, 1.807) is 0 Å². The Balaban J connectivity index is 1.76. The molecule has 1 N–H and O–H groups in total. The van der Waals surface area contributed by atoms with Crippen LogP contribution in [0.4, 0.5) is 0 Å². The van der Waals surface area contributed by atoms with Crippen molar-refractivity contribution in [2.75, 3.05) is 39.8 Å². The zero-order chi connectivity index (χ0) is 14.5. The van der Waals surface area contributed by atoms with E-state index < -0.39 is 0 Å². The summed E-state index contributed by atoms with van der Waals surface area (Å²) in [5.74, 6) is 1.33. The van der Waals surface area contributed by atoms with Gasteiger partial charge in [-0.05, 0) is 38.6 Å². The van der Waals surface area contributed by atoms with Gasteiger partial charge in [0.1, 0.15) is 0 Å². The van der Waals surface area contributed by atoms with Gasteiger partial charge in [-0.3, -0.25) is 9.69 Å². The molecule has 1 aliphatic carbocycles. The Morgan fingerprint density at radius 1 is 1.15 bits per heavy atom. The Kier molecular flexibility index (Phi) is 5.85.